The van der Waals surface area contributed by atoms with E-state index in [4.69, 9.17) is 22.1 Å². The van der Waals surface area contributed by atoms with Crippen molar-refractivity contribution in [3.63, 3.8) is 0 Å². The van der Waals surface area contributed by atoms with E-state index < -0.39 is 0 Å². The van der Waals surface area contributed by atoms with Crippen molar-refractivity contribution in [2.24, 2.45) is 5.73 Å². The summed E-state index contributed by atoms with van der Waals surface area (Å²) in [4.78, 5) is 0. The largest absolute Gasteiger partial charge is 0.496 e. The molecule has 1 atom stereocenters. The molecule has 2 N–H and O–H groups in total. The van der Waals surface area contributed by atoms with Gasteiger partial charge in [0.15, 0.2) is 0 Å². The number of halogens is 1. The molecule has 0 bridgehead atoms. The lowest BCUT2D eigenvalue weighted by Crippen LogP contribution is -2.18. The molecule has 0 aliphatic heterocycles. The molecule has 1 unspecified atom stereocenters. The number of ether oxygens (including phenoxy) is 1. The Labute approximate surface area is 103 Å². The van der Waals surface area contributed by atoms with Gasteiger partial charge in [-0.25, -0.2) is 0 Å². The van der Waals surface area contributed by atoms with Crippen LogP contribution >= 0.6 is 11.6 Å². The van der Waals surface area contributed by atoms with E-state index >= 15 is 0 Å². The Kier molecular flexibility index (Phi) is 4.63. The zero-order chi connectivity index (χ0) is 12.3. The molecule has 90 valence electrons. The first kappa shape index (κ1) is 13.3. The average molecular weight is 242 g/mol. The number of methoxy groups -OCH3 is 1. The lowest BCUT2D eigenvalue weighted by molar-refractivity contribution is 0.407. The molecule has 0 fully saturated rings. The van der Waals surface area contributed by atoms with Gasteiger partial charge in [-0.3, -0.25) is 0 Å². The molecule has 0 saturated carbocycles. The van der Waals surface area contributed by atoms with Gasteiger partial charge in [0.25, 0.3) is 0 Å². The second-order valence-corrected chi connectivity index (χ2v) is 4.93. The summed E-state index contributed by atoms with van der Waals surface area (Å²) < 4.78 is 5.38. The highest BCUT2D eigenvalue weighted by Crippen LogP contribution is 2.32. The zero-order valence-electron chi connectivity index (χ0n) is 10.4. The van der Waals surface area contributed by atoms with Crippen LogP contribution in [0.3, 0.4) is 0 Å². The molecule has 0 saturated heterocycles. The van der Waals surface area contributed by atoms with E-state index in [9.17, 15) is 0 Å². The van der Waals surface area contributed by atoms with Crippen LogP contribution < -0.4 is 10.5 Å². The number of hydrogen-bond acceptors (Lipinski definition) is 2. The summed E-state index contributed by atoms with van der Waals surface area (Å²) in [5.74, 6) is 1.27. The van der Waals surface area contributed by atoms with Gasteiger partial charge in [0.05, 0.1) is 7.11 Å². The molecule has 0 aromatic heterocycles. The van der Waals surface area contributed by atoms with Crippen LogP contribution in [0.2, 0.25) is 5.02 Å². The molecule has 0 aliphatic carbocycles. The smallest absolute Gasteiger partial charge is 0.122 e. The van der Waals surface area contributed by atoms with Gasteiger partial charge < -0.3 is 10.5 Å². The second-order valence-electron chi connectivity index (χ2n) is 4.52. The van der Waals surface area contributed by atoms with Gasteiger partial charge in [-0.05, 0) is 42.5 Å². The van der Waals surface area contributed by atoms with Crippen molar-refractivity contribution in [1.29, 1.82) is 0 Å². The monoisotopic (exact) mass is 241 g/mol. The standard InChI is InChI=1S/C13H20ClNO/c1-8(2)11-7-13(16-4)10(5-9(3)15)6-12(11)14/h6-9H,5,15H2,1-4H3. The third-order valence-corrected chi connectivity index (χ3v) is 2.89. The highest BCUT2D eigenvalue weighted by Gasteiger charge is 2.12. The van der Waals surface area contributed by atoms with Crippen molar-refractivity contribution in [2.75, 3.05) is 7.11 Å². The maximum Gasteiger partial charge on any atom is 0.122 e. The SMILES string of the molecule is COc1cc(C(C)C)c(Cl)cc1CC(C)N. The van der Waals surface area contributed by atoms with Gasteiger partial charge in [-0.1, -0.05) is 25.4 Å². The van der Waals surface area contributed by atoms with Crippen LogP contribution in [0.4, 0.5) is 0 Å². The number of nitrogens with two attached hydrogens (primary N) is 1. The summed E-state index contributed by atoms with van der Waals surface area (Å²) >= 11 is 6.24. The highest BCUT2D eigenvalue weighted by molar-refractivity contribution is 6.31. The van der Waals surface area contributed by atoms with Crippen LogP contribution in [0, 0.1) is 0 Å². The molecule has 1 rings (SSSR count). The fraction of sp³-hybridized carbons (Fsp3) is 0.538. The number of hydrogen-bond donors (Lipinski definition) is 1. The summed E-state index contributed by atoms with van der Waals surface area (Å²) in [6, 6.07) is 4.10. The third-order valence-electron chi connectivity index (χ3n) is 2.56. The minimum Gasteiger partial charge on any atom is -0.496 e. The number of benzene rings is 1. The second kappa shape index (κ2) is 5.55. The van der Waals surface area contributed by atoms with Crippen molar-refractivity contribution < 1.29 is 4.74 Å². The molecule has 16 heavy (non-hydrogen) atoms. The maximum absolute atomic E-state index is 6.24. The summed E-state index contributed by atoms with van der Waals surface area (Å²) in [6.45, 7) is 6.21. The summed E-state index contributed by atoms with van der Waals surface area (Å²) in [5.41, 5.74) is 7.99. The topological polar surface area (TPSA) is 35.2 Å². The molecule has 3 heteroatoms. The van der Waals surface area contributed by atoms with E-state index in [1.807, 2.05) is 19.1 Å². The Hall–Kier alpha value is -0.730. The normalized spacial score (nSPS) is 12.9. The minimum absolute atomic E-state index is 0.106. The zero-order valence-corrected chi connectivity index (χ0v) is 11.1. The Bertz CT molecular complexity index is 361. The Morgan fingerprint density at radius 1 is 1.31 bits per heavy atom. The van der Waals surface area contributed by atoms with Crippen molar-refractivity contribution in [3.8, 4) is 5.75 Å². The molecular weight excluding hydrogens is 222 g/mol. The molecule has 0 spiro atoms. The maximum atomic E-state index is 6.24. The molecule has 0 amide bonds. The fourth-order valence-electron chi connectivity index (χ4n) is 1.75. The first-order valence-electron chi connectivity index (χ1n) is 5.57. The summed E-state index contributed by atoms with van der Waals surface area (Å²) in [7, 11) is 1.68. The summed E-state index contributed by atoms with van der Waals surface area (Å²) in [6.07, 6.45) is 0.779. The van der Waals surface area contributed by atoms with E-state index in [-0.39, 0.29) is 6.04 Å². The van der Waals surface area contributed by atoms with Crippen LogP contribution in [-0.2, 0) is 6.42 Å². The minimum atomic E-state index is 0.106. The van der Waals surface area contributed by atoms with Crippen LogP contribution in [0.25, 0.3) is 0 Å². The molecule has 1 aromatic rings. The van der Waals surface area contributed by atoms with Crippen LogP contribution in [-0.4, -0.2) is 13.2 Å². The molecule has 0 radical (unpaired) electrons. The quantitative estimate of drug-likeness (QED) is 0.877. The van der Waals surface area contributed by atoms with E-state index in [0.29, 0.717) is 5.92 Å². The first-order chi connectivity index (χ1) is 7.45. The Morgan fingerprint density at radius 3 is 2.38 bits per heavy atom. The number of rotatable bonds is 4. The van der Waals surface area contributed by atoms with Crippen molar-refractivity contribution >= 4 is 11.6 Å². The average Bonchev–Trinajstić information content (AvgIpc) is 2.16. The molecular formula is C13H20ClNO. The Balaban J connectivity index is 3.15. The molecule has 2 nitrogen and oxygen atoms in total. The predicted octanol–water partition coefficient (Wildman–Crippen LogP) is 3.36. The van der Waals surface area contributed by atoms with Gasteiger partial charge in [-0.15, -0.1) is 0 Å². The molecule has 1 aromatic carbocycles. The first-order valence-corrected chi connectivity index (χ1v) is 5.95. The third kappa shape index (κ3) is 3.13. The van der Waals surface area contributed by atoms with Crippen molar-refractivity contribution in [1.82, 2.24) is 0 Å². The van der Waals surface area contributed by atoms with Crippen LogP contribution in [0.1, 0.15) is 37.8 Å². The fourth-order valence-corrected chi connectivity index (χ4v) is 2.15. The van der Waals surface area contributed by atoms with E-state index in [2.05, 4.69) is 13.8 Å². The summed E-state index contributed by atoms with van der Waals surface area (Å²) in [5, 5.41) is 0.798. The predicted molar refractivity (Wildman–Crippen MR) is 69.4 cm³/mol. The van der Waals surface area contributed by atoms with Gasteiger partial charge in [0.1, 0.15) is 5.75 Å². The lowest BCUT2D eigenvalue weighted by atomic mass is 9.98. The lowest BCUT2D eigenvalue weighted by Gasteiger charge is -2.15. The van der Waals surface area contributed by atoms with Crippen molar-refractivity contribution in [3.05, 3.63) is 28.3 Å². The molecule has 0 heterocycles. The van der Waals surface area contributed by atoms with Crippen LogP contribution in [0.15, 0.2) is 12.1 Å². The Morgan fingerprint density at radius 2 is 1.94 bits per heavy atom. The van der Waals surface area contributed by atoms with Gasteiger partial charge >= 0.3 is 0 Å². The highest BCUT2D eigenvalue weighted by atomic mass is 35.5. The van der Waals surface area contributed by atoms with Gasteiger partial charge in [0, 0.05) is 11.1 Å². The van der Waals surface area contributed by atoms with E-state index in [1.165, 1.54) is 0 Å². The molecule has 0 aliphatic rings. The van der Waals surface area contributed by atoms with Gasteiger partial charge in [-0.2, -0.15) is 0 Å². The van der Waals surface area contributed by atoms with Crippen molar-refractivity contribution in [2.45, 2.75) is 39.2 Å². The van der Waals surface area contributed by atoms with E-state index in [1.54, 1.807) is 7.11 Å². The van der Waals surface area contributed by atoms with Crippen LogP contribution in [0.5, 0.6) is 5.75 Å². The van der Waals surface area contributed by atoms with E-state index in [0.717, 1.165) is 28.3 Å². The van der Waals surface area contributed by atoms with Gasteiger partial charge in [0.2, 0.25) is 0 Å².